The van der Waals surface area contributed by atoms with Crippen molar-refractivity contribution in [3.63, 3.8) is 0 Å². The van der Waals surface area contributed by atoms with Crippen LogP contribution >= 0.6 is 23.2 Å². The average molecular weight is 360 g/mol. The monoisotopic (exact) mass is 359 g/mol. The number of nitrogens with zero attached hydrogens (tertiary/aromatic N) is 1. The molecule has 5 heteroatoms. The predicted octanol–water partition coefficient (Wildman–Crippen LogP) is 5.74. The second-order valence-electron chi connectivity index (χ2n) is 5.44. The summed E-state index contributed by atoms with van der Waals surface area (Å²) in [5.74, 6) is -0.512. The molecule has 0 bridgehead atoms. The minimum atomic E-state index is -0.512. The molecular weight excluding hydrogens is 345 g/mol. The Hall–Kier alpha value is -2.28. The largest absolute Gasteiger partial charge is 0.465 e. The molecule has 24 heavy (non-hydrogen) atoms. The van der Waals surface area contributed by atoms with E-state index in [0.29, 0.717) is 26.7 Å². The smallest absolute Gasteiger partial charge is 0.337 e. The fourth-order valence-electron chi connectivity index (χ4n) is 2.33. The quantitative estimate of drug-likeness (QED) is 0.656. The number of ether oxygens (including phenoxy) is 1. The van der Waals surface area contributed by atoms with Crippen LogP contribution in [0, 0.1) is 11.3 Å². The van der Waals surface area contributed by atoms with E-state index in [0.717, 1.165) is 11.1 Å². The van der Waals surface area contributed by atoms with Crippen molar-refractivity contribution in [2.75, 3.05) is 7.11 Å². The first-order valence-corrected chi connectivity index (χ1v) is 7.89. The number of nitriles is 1. The SMILES string of the molecule is COC(=O)c1cc(Cl)c(-c2ccc(C=C(C)C)c(C#N)c2)c(Cl)c1. The Bertz CT molecular complexity index is 852. The number of methoxy groups -OCH3 is 1. The van der Waals surface area contributed by atoms with Crippen LogP contribution in [0.3, 0.4) is 0 Å². The van der Waals surface area contributed by atoms with Crippen LogP contribution in [0.15, 0.2) is 35.9 Å². The van der Waals surface area contributed by atoms with Crippen LogP contribution in [0.25, 0.3) is 17.2 Å². The van der Waals surface area contributed by atoms with E-state index in [4.69, 9.17) is 23.2 Å². The molecule has 0 N–H and O–H groups in total. The van der Waals surface area contributed by atoms with Gasteiger partial charge >= 0.3 is 5.97 Å². The summed E-state index contributed by atoms with van der Waals surface area (Å²) in [7, 11) is 1.29. The Morgan fingerprint density at radius 2 is 1.79 bits per heavy atom. The molecule has 0 spiro atoms. The standard InChI is InChI=1S/C19H15Cl2NO2/c1-11(2)6-12-4-5-13(7-15(12)10-22)18-16(20)8-14(9-17(18)21)19(23)24-3/h4-9H,1-3H3. The molecule has 2 aromatic carbocycles. The Morgan fingerprint density at radius 1 is 1.17 bits per heavy atom. The molecule has 0 aromatic heterocycles. The number of esters is 1. The van der Waals surface area contributed by atoms with E-state index >= 15 is 0 Å². The van der Waals surface area contributed by atoms with Gasteiger partial charge in [-0.3, -0.25) is 0 Å². The molecule has 2 rings (SSSR count). The molecule has 2 aromatic rings. The zero-order chi connectivity index (χ0) is 17.9. The maximum absolute atomic E-state index is 11.6. The fourth-order valence-corrected chi connectivity index (χ4v) is 3.04. The van der Waals surface area contributed by atoms with Crippen LogP contribution in [0.1, 0.15) is 35.3 Å². The summed E-state index contributed by atoms with van der Waals surface area (Å²) in [5, 5.41) is 10.0. The molecule has 122 valence electrons. The highest BCUT2D eigenvalue weighted by Crippen LogP contribution is 2.37. The molecule has 3 nitrogen and oxygen atoms in total. The van der Waals surface area contributed by atoms with Gasteiger partial charge in [-0.1, -0.05) is 47.0 Å². The van der Waals surface area contributed by atoms with Crippen LogP contribution in [-0.4, -0.2) is 13.1 Å². The number of carbonyl (C=O) groups excluding carboxylic acids is 1. The summed E-state index contributed by atoms with van der Waals surface area (Å²) in [6.45, 7) is 3.93. The second kappa shape index (κ2) is 7.53. The minimum Gasteiger partial charge on any atom is -0.465 e. The van der Waals surface area contributed by atoms with Crippen LogP contribution in [-0.2, 0) is 4.74 Å². The Morgan fingerprint density at radius 3 is 2.29 bits per heavy atom. The Kier molecular flexibility index (Phi) is 5.66. The van der Waals surface area contributed by atoms with Crippen molar-refractivity contribution in [2.45, 2.75) is 13.8 Å². The van der Waals surface area contributed by atoms with Crippen LogP contribution in [0.2, 0.25) is 10.0 Å². The maximum Gasteiger partial charge on any atom is 0.337 e. The Balaban J connectivity index is 2.59. The third kappa shape index (κ3) is 3.79. The van der Waals surface area contributed by atoms with Gasteiger partial charge in [0.25, 0.3) is 0 Å². The van der Waals surface area contributed by atoms with Crippen molar-refractivity contribution < 1.29 is 9.53 Å². The lowest BCUT2D eigenvalue weighted by molar-refractivity contribution is 0.0601. The van der Waals surface area contributed by atoms with Crippen molar-refractivity contribution in [1.29, 1.82) is 5.26 Å². The summed E-state index contributed by atoms with van der Waals surface area (Å²) in [4.78, 5) is 11.6. The lowest BCUT2D eigenvalue weighted by Crippen LogP contribution is -2.01. The molecule has 0 radical (unpaired) electrons. The van der Waals surface area contributed by atoms with E-state index < -0.39 is 5.97 Å². The van der Waals surface area contributed by atoms with Crippen LogP contribution in [0.4, 0.5) is 0 Å². The van der Waals surface area contributed by atoms with Crippen molar-refractivity contribution in [3.8, 4) is 17.2 Å². The summed E-state index contributed by atoms with van der Waals surface area (Å²) >= 11 is 12.6. The average Bonchev–Trinajstić information content (AvgIpc) is 2.54. The van der Waals surface area contributed by atoms with Crippen LogP contribution in [0.5, 0.6) is 0 Å². The van der Waals surface area contributed by atoms with E-state index in [1.165, 1.54) is 19.2 Å². The molecular formula is C19H15Cl2NO2. The third-order valence-electron chi connectivity index (χ3n) is 3.37. The molecule has 0 fully saturated rings. The number of carbonyl (C=O) groups is 1. The third-order valence-corrected chi connectivity index (χ3v) is 3.97. The van der Waals surface area contributed by atoms with E-state index in [2.05, 4.69) is 10.8 Å². The first kappa shape index (κ1) is 18.1. The highest BCUT2D eigenvalue weighted by Gasteiger charge is 2.15. The molecule has 0 aliphatic carbocycles. The Labute approximate surface area is 151 Å². The van der Waals surface area contributed by atoms with E-state index in [-0.39, 0.29) is 5.56 Å². The zero-order valence-electron chi connectivity index (χ0n) is 13.5. The summed E-state index contributed by atoms with van der Waals surface area (Å²) in [6.07, 6.45) is 1.94. The lowest BCUT2D eigenvalue weighted by atomic mass is 9.97. The van der Waals surface area contributed by atoms with Gasteiger partial charge in [0, 0.05) is 5.56 Å². The highest BCUT2D eigenvalue weighted by atomic mass is 35.5. The number of hydrogen-bond acceptors (Lipinski definition) is 3. The zero-order valence-corrected chi connectivity index (χ0v) is 15.0. The lowest BCUT2D eigenvalue weighted by Gasteiger charge is -2.11. The topological polar surface area (TPSA) is 50.1 Å². The summed E-state index contributed by atoms with van der Waals surface area (Å²) < 4.78 is 4.68. The van der Waals surface area contributed by atoms with E-state index in [1.54, 1.807) is 6.07 Å². The van der Waals surface area contributed by atoms with Gasteiger partial charge in [-0.15, -0.1) is 0 Å². The molecule has 0 unspecified atom stereocenters. The first-order valence-electron chi connectivity index (χ1n) is 7.14. The molecule has 0 heterocycles. The van der Waals surface area contributed by atoms with Gasteiger partial charge in [-0.25, -0.2) is 4.79 Å². The molecule has 0 saturated heterocycles. The van der Waals surface area contributed by atoms with Gasteiger partial charge in [-0.05, 0) is 43.2 Å². The molecule has 0 amide bonds. The number of hydrogen-bond donors (Lipinski definition) is 0. The van der Waals surface area contributed by atoms with E-state index in [1.807, 2.05) is 32.1 Å². The predicted molar refractivity (Wildman–Crippen MR) is 97.3 cm³/mol. The summed E-state index contributed by atoms with van der Waals surface area (Å²) in [6, 6.07) is 10.6. The van der Waals surface area contributed by atoms with Crippen molar-refractivity contribution >= 4 is 35.2 Å². The minimum absolute atomic E-state index is 0.276. The van der Waals surface area contributed by atoms with Gasteiger partial charge in [0.1, 0.15) is 0 Å². The molecule has 0 saturated carbocycles. The van der Waals surface area contributed by atoms with Gasteiger partial charge in [0.05, 0.1) is 34.4 Å². The van der Waals surface area contributed by atoms with Gasteiger partial charge < -0.3 is 4.74 Å². The van der Waals surface area contributed by atoms with Crippen LogP contribution < -0.4 is 0 Å². The number of benzene rings is 2. The van der Waals surface area contributed by atoms with E-state index in [9.17, 15) is 10.1 Å². The van der Waals surface area contributed by atoms with Gasteiger partial charge in [0.2, 0.25) is 0 Å². The van der Waals surface area contributed by atoms with Crippen molar-refractivity contribution in [2.24, 2.45) is 0 Å². The summed E-state index contributed by atoms with van der Waals surface area (Å²) in [5.41, 5.74) is 4.02. The van der Waals surface area contributed by atoms with Gasteiger partial charge in [0.15, 0.2) is 0 Å². The maximum atomic E-state index is 11.6. The van der Waals surface area contributed by atoms with Crippen molar-refractivity contribution in [3.05, 3.63) is 62.6 Å². The molecule has 0 atom stereocenters. The molecule has 0 aliphatic rings. The van der Waals surface area contributed by atoms with Crippen molar-refractivity contribution in [1.82, 2.24) is 0 Å². The first-order chi connectivity index (χ1) is 11.4. The van der Waals surface area contributed by atoms with Gasteiger partial charge in [-0.2, -0.15) is 5.26 Å². The number of rotatable bonds is 3. The molecule has 0 aliphatic heterocycles. The normalized spacial score (nSPS) is 10.0. The number of halogens is 2. The highest BCUT2D eigenvalue weighted by molar-refractivity contribution is 6.39. The number of allylic oxidation sites excluding steroid dienone is 1. The second-order valence-corrected chi connectivity index (χ2v) is 6.26. The fraction of sp³-hybridized carbons (Fsp3) is 0.158.